The molecule has 0 amide bonds. The highest BCUT2D eigenvalue weighted by Gasteiger charge is 2.19. The van der Waals surface area contributed by atoms with Crippen molar-refractivity contribution in [2.45, 2.75) is 10.8 Å². The van der Waals surface area contributed by atoms with E-state index in [1.165, 1.54) is 18.5 Å². The van der Waals surface area contributed by atoms with E-state index >= 15 is 0 Å². The summed E-state index contributed by atoms with van der Waals surface area (Å²) in [6.45, 7) is 0. The van der Waals surface area contributed by atoms with Gasteiger partial charge in [0.15, 0.2) is 5.03 Å². The molecule has 0 fully saturated rings. The van der Waals surface area contributed by atoms with Crippen LogP contribution in [0, 0.1) is 0 Å². The number of pyridine rings is 2. The minimum Gasteiger partial charge on any atom is -0.396 e. The van der Waals surface area contributed by atoms with Crippen molar-refractivity contribution in [1.82, 2.24) is 9.97 Å². The summed E-state index contributed by atoms with van der Waals surface area (Å²) in [5.41, 5.74) is 6.38. The molecule has 0 aromatic carbocycles. The number of hydrogen-bond donors (Lipinski definition) is 1. The van der Waals surface area contributed by atoms with E-state index in [0.717, 1.165) is 0 Å². The molecule has 5 nitrogen and oxygen atoms in total. The van der Waals surface area contributed by atoms with Gasteiger partial charge in [0.1, 0.15) is 0 Å². The minimum atomic E-state index is -3.52. The fourth-order valence-corrected chi connectivity index (χ4v) is 2.83. The predicted octanol–water partition coefficient (Wildman–Crippen LogP) is 1.03. The van der Waals surface area contributed by atoms with Crippen LogP contribution in [0.15, 0.2) is 47.9 Å². The summed E-state index contributed by atoms with van der Waals surface area (Å²) >= 11 is 0. The van der Waals surface area contributed by atoms with E-state index < -0.39 is 9.84 Å². The highest BCUT2D eigenvalue weighted by Crippen LogP contribution is 2.18. The number of rotatable bonds is 3. The van der Waals surface area contributed by atoms with Gasteiger partial charge in [-0.05, 0) is 23.8 Å². The largest absolute Gasteiger partial charge is 0.396 e. The van der Waals surface area contributed by atoms with Crippen molar-refractivity contribution >= 4 is 15.5 Å². The molecule has 0 spiro atoms. The maximum absolute atomic E-state index is 12.1. The molecule has 0 saturated heterocycles. The van der Waals surface area contributed by atoms with E-state index in [4.69, 9.17) is 5.73 Å². The van der Waals surface area contributed by atoms with Crippen LogP contribution in [-0.2, 0) is 15.6 Å². The second kappa shape index (κ2) is 4.50. The van der Waals surface area contributed by atoms with Gasteiger partial charge in [-0.2, -0.15) is 0 Å². The Bertz CT molecular complexity index is 612. The van der Waals surface area contributed by atoms with E-state index in [2.05, 4.69) is 9.97 Å². The first-order valence-corrected chi connectivity index (χ1v) is 6.57. The van der Waals surface area contributed by atoms with Crippen molar-refractivity contribution in [3.8, 4) is 0 Å². The second-order valence-corrected chi connectivity index (χ2v) is 5.42. The first-order valence-electron chi connectivity index (χ1n) is 4.92. The first kappa shape index (κ1) is 11.5. The molecule has 2 rings (SSSR count). The molecule has 88 valence electrons. The number of anilines is 1. The second-order valence-electron chi connectivity index (χ2n) is 3.52. The molecule has 0 aliphatic carbocycles. The molecule has 2 N–H and O–H groups in total. The number of nitrogens with zero attached hydrogens (tertiary/aromatic N) is 2. The van der Waals surface area contributed by atoms with Crippen LogP contribution >= 0.6 is 0 Å². The lowest BCUT2D eigenvalue weighted by atomic mass is 10.3. The lowest BCUT2D eigenvalue weighted by Gasteiger charge is -2.05. The van der Waals surface area contributed by atoms with Crippen molar-refractivity contribution in [3.05, 3.63) is 48.4 Å². The summed E-state index contributed by atoms with van der Waals surface area (Å²) in [5, 5.41) is -0.0798. The van der Waals surface area contributed by atoms with Crippen LogP contribution in [0.2, 0.25) is 0 Å². The summed E-state index contributed by atoms with van der Waals surface area (Å²) in [5.74, 6) is -0.151. The summed E-state index contributed by atoms with van der Waals surface area (Å²) in [4.78, 5) is 7.68. The molecule has 6 heteroatoms. The lowest BCUT2D eigenvalue weighted by molar-refractivity contribution is 0.592. The van der Waals surface area contributed by atoms with Gasteiger partial charge in [0.05, 0.1) is 11.4 Å². The van der Waals surface area contributed by atoms with Crippen molar-refractivity contribution in [1.29, 1.82) is 0 Å². The van der Waals surface area contributed by atoms with Gasteiger partial charge < -0.3 is 5.73 Å². The topological polar surface area (TPSA) is 85.9 Å². The number of sulfone groups is 1. The Hall–Kier alpha value is -1.95. The maximum Gasteiger partial charge on any atom is 0.201 e. The third-order valence-corrected chi connectivity index (χ3v) is 3.82. The van der Waals surface area contributed by atoms with Crippen LogP contribution in [0.1, 0.15) is 5.56 Å². The lowest BCUT2D eigenvalue weighted by Crippen LogP contribution is -2.10. The Kier molecular flexibility index (Phi) is 3.06. The average Bonchev–Trinajstić information content (AvgIpc) is 2.30. The van der Waals surface area contributed by atoms with Crippen molar-refractivity contribution in [2.75, 3.05) is 5.73 Å². The van der Waals surface area contributed by atoms with E-state index in [-0.39, 0.29) is 16.5 Å². The number of nitrogens with two attached hydrogens (primary N) is 1. The zero-order valence-electron chi connectivity index (χ0n) is 8.95. The monoisotopic (exact) mass is 249 g/mol. The summed E-state index contributed by atoms with van der Waals surface area (Å²) in [6, 6.07) is 6.50. The fraction of sp³-hybridized carbons (Fsp3) is 0.0909. The quantitative estimate of drug-likeness (QED) is 0.878. The third-order valence-electron chi connectivity index (χ3n) is 2.17. The molecule has 0 saturated carbocycles. The van der Waals surface area contributed by atoms with E-state index in [9.17, 15) is 8.42 Å². The van der Waals surface area contributed by atoms with E-state index in [1.54, 1.807) is 24.4 Å². The zero-order valence-corrected chi connectivity index (χ0v) is 9.76. The first-order chi connectivity index (χ1) is 8.09. The predicted molar refractivity (Wildman–Crippen MR) is 63.8 cm³/mol. The van der Waals surface area contributed by atoms with Crippen LogP contribution in [0.3, 0.4) is 0 Å². The van der Waals surface area contributed by atoms with E-state index in [1.807, 2.05) is 0 Å². The molecule has 0 aliphatic heterocycles. The van der Waals surface area contributed by atoms with Gasteiger partial charge in [0.25, 0.3) is 0 Å². The molecule has 0 bridgehead atoms. The van der Waals surface area contributed by atoms with E-state index in [0.29, 0.717) is 5.56 Å². The van der Waals surface area contributed by atoms with Gasteiger partial charge in [-0.3, -0.25) is 4.98 Å². The van der Waals surface area contributed by atoms with Crippen molar-refractivity contribution in [2.24, 2.45) is 0 Å². The van der Waals surface area contributed by atoms with Crippen molar-refractivity contribution < 1.29 is 8.42 Å². The maximum atomic E-state index is 12.1. The molecule has 0 aliphatic rings. The molecule has 0 unspecified atom stereocenters. The number of nitrogen functional groups attached to an aromatic ring is 1. The molecule has 0 atom stereocenters. The van der Waals surface area contributed by atoms with Crippen LogP contribution in [0.5, 0.6) is 0 Å². The number of aromatic nitrogens is 2. The van der Waals surface area contributed by atoms with Crippen LogP contribution < -0.4 is 5.73 Å². The minimum absolute atomic E-state index is 0.0798. The Morgan fingerprint density at radius 1 is 1.18 bits per heavy atom. The SMILES string of the molecule is Nc1cccnc1S(=O)(=O)Cc1cccnc1. The fourth-order valence-electron chi connectivity index (χ4n) is 1.43. The smallest absolute Gasteiger partial charge is 0.201 e. The Labute approximate surface area is 99.3 Å². The van der Waals surface area contributed by atoms with Crippen molar-refractivity contribution in [3.63, 3.8) is 0 Å². The van der Waals surface area contributed by atoms with Crippen LogP contribution in [0.4, 0.5) is 5.69 Å². The third kappa shape index (κ3) is 2.59. The Morgan fingerprint density at radius 3 is 2.59 bits per heavy atom. The molecule has 0 radical (unpaired) electrons. The Balaban J connectivity index is 2.36. The molecule has 2 aromatic rings. The standard InChI is InChI=1S/C11H11N3O2S/c12-10-4-2-6-14-11(10)17(15,16)8-9-3-1-5-13-7-9/h1-7H,8,12H2. The highest BCUT2D eigenvalue weighted by molar-refractivity contribution is 7.90. The Morgan fingerprint density at radius 2 is 1.94 bits per heavy atom. The molecule has 17 heavy (non-hydrogen) atoms. The van der Waals surface area contributed by atoms with Gasteiger partial charge in [-0.1, -0.05) is 6.07 Å². The van der Waals surface area contributed by atoms with Gasteiger partial charge >= 0.3 is 0 Å². The zero-order chi connectivity index (χ0) is 12.3. The van der Waals surface area contributed by atoms with Gasteiger partial charge in [-0.25, -0.2) is 13.4 Å². The molecular weight excluding hydrogens is 238 g/mol. The average molecular weight is 249 g/mol. The number of hydrogen-bond acceptors (Lipinski definition) is 5. The van der Waals surface area contributed by atoms with Crippen LogP contribution in [0.25, 0.3) is 0 Å². The molecule has 2 heterocycles. The normalized spacial score (nSPS) is 11.3. The highest BCUT2D eigenvalue weighted by atomic mass is 32.2. The molecular formula is C11H11N3O2S. The summed E-state index contributed by atoms with van der Waals surface area (Å²) in [6.07, 6.45) is 4.51. The van der Waals surface area contributed by atoms with Gasteiger partial charge in [0.2, 0.25) is 9.84 Å². The molecule has 2 aromatic heterocycles. The summed E-state index contributed by atoms with van der Waals surface area (Å²) < 4.78 is 24.1. The van der Waals surface area contributed by atoms with Crippen LogP contribution in [-0.4, -0.2) is 18.4 Å². The van der Waals surface area contributed by atoms with Gasteiger partial charge in [0, 0.05) is 18.6 Å². The summed E-state index contributed by atoms with van der Waals surface area (Å²) in [7, 11) is -3.52. The van der Waals surface area contributed by atoms with Gasteiger partial charge in [-0.15, -0.1) is 0 Å².